The number of nitrogens with one attached hydrogen (secondary N) is 1. The summed E-state index contributed by atoms with van der Waals surface area (Å²) in [5.74, 6) is 0.577. The summed E-state index contributed by atoms with van der Waals surface area (Å²) < 4.78 is 1.42. The SMILES string of the molecule is Cc1[c-]c2c(=O)[nH]c(C)nn2[c-]1.[Y].[Y].[Y].[Y]. The molecule has 0 bridgehead atoms. The van der Waals surface area contributed by atoms with Gasteiger partial charge in [0.1, 0.15) is 5.82 Å². The number of aryl methyl sites for hydroxylation is 2. The largest absolute Gasteiger partial charge is 0.417 e. The van der Waals surface area contributed by atoms with Crippen LogP contribution < -0.4 is 5.56 Å². The third-order valence-electron chi connectivity index (χ3n) is 1.55. The quantitative estimate of drug-likeness (QED) is 0.510. The summed E-state index contributed by atoms with van der Waals surface area (Å²) in [5, 5.41) is 4.03. The van der Waals surface area contributed by atoms with Crippen molar-refractivity contribution in [1.82, 2.24) is 14.6 Å². The molecule has 2 rings (SSSR count). The molecule has 4 radical (unpaired) electrons. The fourth-order valence-electron chi connectivity index (χ4n) is 1.10. The second-order valence-corrected chi connectivity index (χ2v) is 2.66. The van der Waals surface area contributed by atoms with Gasteiger partial charge in [0, 0.05) is 131 Å². The van der Waals surface area contributed by atoms with E-state index in [1.54, 1.807) is 6.92 Å². The minimum absolute atomic E-state index is 0. The Kier molecular flexibility index (Phi) is 15.8. The van der Waals surface area contributed by atoms with Crippen molar-refractivity contribution in [1.29, 1.82) is 0 Å². The van der Waals surface area contributed by atoms with Crippen molar-refractivity contribution in [2.24, 2.45) is 0 Å². The van der Waals surface area contributed by atoms with Gasteiger partial charge in [-0.05, 0) is 6.92 Å². The minimum atomic E-state index is -0.174. The Bertz CT molecular complexity index is 493. The van der Waals surface area contributed by atoms with E-state index >= 15 is 0 Å². The third kappa shape index (κ3) is 5.86. The predicted molar refractivity (Wildman–Crippen MR) is 43.0 cm³/mol. The maximum absolute atomic E-state index is 11.2. The number of aromatic amines is 1. The van der Waals surface area contributed by atoms with Crippen molar-refractivity contribution in [3.05, 3.63) is 34.0 Å². The van der Waals surface area contributed by atoms with Crippen molar-refractivity contribution in [2.45, 2.75) is 13.8 Å². The van der Waals surface area contributed by atoms with Crippen molar-refractivity contribution < 1.29 is 131 Å². The van der Waals surface area contributed by atoms with E-state index < -0.39 is 0 Å². The summed E-state index contributed by atoms with van der Waals surface area (Å²) >= 11 is 0. The monoisotopic (exact) mass is 517 g/mol. The van der Waals surface area contributed by atoms with Gasteiger partial charge in [0.25, 0.3) is 0 Å². The molecule has 16 heavy (non-hydrogen) atoms. The predicted octanol–water partition coefficient (Wildman–Crippen LogP) is 0.230. The van der Waals surface area contributed by atoms with Gasteiger partial charge in [0.15, 0.2) is 0 Å². The Hall–Kier alpha value is 2.84. The van der Waals surface area contributed by atoms with Crippen LogP contribution in [0.15, 0.2) is 4.79 Å². The Morgan fingerprint density at radius 2 is 1.75 bits per heavy atom. The summed E-state index contributed by atoms with van der Waals surface area (Å²) in [7, 11) is 0. The van der Waals surface area contributed by atoms with Crippen LogP contribution in [-0.4, -0.2) is 14.6 Å². The first-order valence-corrected chi connectivity index (χ1v) is 3.57. The molecule has 74 valence electrons. The zero-order valence-corrected chi connectivity index (χ0v) is 20.5. The number of nitrogens with zero attached hydrogens (tertiary/aromatic N) is 2. The Morgan fingerprint density at radius 1 is 1.19 bits per heavy atom. The molecular weight excluding hydrogens is 510 g/mol. The zero-order chi connectivity index (χ0) is 8.72. The van der Waals surface area contributed by atoms with Crippen LogP contribution in [-0.2, 0) is 131 Å². The molecule has 1 N–H and O–H groups in total. The number of aromatic nitrogens is 3. The topological polar surface area (TPSA) is 50.2 Å². The molecule has 0 fully saturated rings. The molecule has 0 amide bonds. The first-order chi connectivity index (χ1) is 5.66. The van der Waals surface area contributed by atoms with E-state index in [4.69, 9.17) is 0 Å². The van der Waals surface area contributed by atoms with Gasteiger partial charge in [0.05, 0.1) is 5.56 Å². The van der Waals surface area contributed by atoms with E-state index in [1.165, 1.54) is 4.52 Å². The van der Waals surface area contributed by atoms with Gasteiger partial charge >= 0.3 is 0 Å². The molecular formula is C8H7N3OY4-2. The van der Waals surface area contributed by atoms with E-state index in [0.29, 0.717) is 11.3 Å². The molecule has 0 aromatic carbocycles. The van der Waals surface area contributed by atoms with Crippen LogP contribution in [0.4, 0.5) is 0 Å². The third-order valence-corrected chi connectivity index (χ3v) is 1.55. The Morgan fingerprint density at radius 3 is 2.31 bits per heavy atom. The van der Waals surface area contributed by atoms with E-state index in [-0.39, 0.29) is 136 Å². The second-order valence-electron chi connectivity index (χ2n) is 2.66. The van der Waals surface area contributed by atoms with Crippen LogP contribution in [0.3, 0.4) is 0 Å². The first kappa shape index (κ1) is 23.9. The van der Waals surface area contributed by atoms with Gasteiger partial charge in [-0.3, -0.25) is 5.56 Å². The average Bonchev–Trinajstić information content (AvgIpc) is 2.29. The molecule has 2 heterocycles. The summed E-state index contributed by atoms with van der Waals surface area (Å²) in [4.78, 5) is 13.8. The molecule has 0 aliphatic carbocycles. The summed E-state index contributed by atoms with van der Waals surface area (Å²) in [6.45, 7) is 3.55. The number of hydrogen-bond acceptors (Lipinski definition) is 2. The van der Waals surface area contributed by atoms with Gasteiger partial charge in [-0.25, -0.2) is 6.20 Å². The normalized spacial score (nSPS) is 8.12. The van der Waals surface area contributed by atoms with E-state index in [9.17, 15) is 4.79 Å². The fourth-order valence-corrected chi connectivity index (χ4v) is 1.10. The molecule has 8 heteroatoms. The van der Waals surface area contributed by atoms with Gasteiger partial charge in [-0.1, -0.05) is 6.92 Å². The second kappa shape index (κ2) is 10.6. The maximum atomic E-state index is 11.2. The summed E-state index contributed by atoms with van der Waals surface area (Å²) in [6.07, 6.45) is 2.87. The zero-order valence-electron chi connectivity index (χ0n) is 9.11. The Labute approximate surface area is 194 Å². The van der Waals surface area contributed by atoms with Crippen molar-refractivity contribution >= 4 is 5.52 Å². The van der Waals surface area contributed by atoms with Gasteiger partial charge in [-0.15, -0.1) is 5.52 Å². The van der Waals surface area contributed by atoms with Crippen LogP contribution in [0.2, 0.25) is 0 Å². The molecule has 0 saturated carbocycles. The summed E-state index contributed by atoms with van der Waals surface area (Å²) in [5.41, 5.74) is 1.03. The number of hydrogen-bond donors (Lipinski definition) is 1. The number of rotatable bonds is 0. The molecule has 2 aromatic heterocycles. The molecule has 0 spiro atoms. The standard InChI is InChI=1S/C8H7N3O.4Y/c1-5-3-7-8(12)9-6(2)10-11(7)4-5;;;;/h1-2H3,(H,9,10,12);;;;/q-2;;;;. The van der Waals surface area contributed by atoms with Crippen LogP contribution in [0, 0.1) is 26.1 Å². The van der Waals surface area contributed by atoms with Crippen molar-refractivity contribution in [3.63, 3.8) is 0 Å². The smallest absolute Gasteiger partial charge is 0.103 e. The number of fused-ring (bicyclic) bond motifs is 1. The van der Waals surface area contributed by atoms with Gasteiger partial charge in [0.2, 0.25) is 0 Å². The van der Waals surface area contributed by atoms with Crippen LogP contribution in [0.1, 0.15) is 11.4 Å². The van der Waals surface area contributed by atoms with Crippen LogP contribution >= 0.6 is 0 Å². The fraction of sp³-hybridized carbons (Fsp3) is 0.250. The van der Waals surface area contributed by atoms with Crippen LogP contribution in [0.5, 0.6) is 0 Å². The minimum Gasteiger partial charge on any atom is -0.417 e. The maximum Gasteiger partial charge on any atom is 0.103 e. The van der Waals surface area contributed by atoms with Gasteiger partial charge < -0.3 is 20.4 Å². The van der Waals surface area contributed by atoms with E-state index in [0.717, 1.165) is 5.56 Å². The van der Waals surface area contributed by atoms with Crippen molar-refractivity contribution in [2.75, 3.05) is 0 Å². The number of H-pyrrole nitrogens is 1. The molecule has 0 aliphatic rings. The van der Waals surface area contributed by atoms with Crippen LogP contribution in [0.25, 0.3) is 5.52 Å². The molecule has 0 atom stereocenters. The van der Waals surface area contributed by atoms with E-state index in [2.05, 4.69) is 22.3 Å². The molecule has 0 unspecified atom stereocenters. The van der Waals surface area contributed by atoms with Crippen molar-refractivity contribution in [3.8, 4) is 0 Å². The molecule has 0 aliphatic heterocycles. The molecule has 4 nitrogen and oxygen atoms in total. The Balaban J connectivity index is -0.000000422. The average molecular weight is 517 g/mol. The van der Waals surface area contributed by atoms with Gasteiger partial charge in [-0.2, -0.15) is 5.10 Å². The first-order valence-electron chi connectivity index (χ1n) is 3.57. The molecule has 2 aromatic rings. The summed E-state index contributed by atoms with van der Waals surface area (Å²) in [6, 6.07) is 2.86. The molecule has 0 saturated heterocycles. The van der Waals surface area contributed by atoms with E-state index in [1.807, 2.05) is 6.92 Å².